The van der Waals surface area contributed by atoms with Gasteiger partial charge in [0.2, 0.25) is 5.91 Å². The van der Waals surface area contributed by atoms with Crippen molar-refractivity contribution >= 4 is 23.3 Å². The molecule has 1 saturated heterocycles. The molecule has 2 N–H and O–H groups in total. The molecule has 0 spiro atoms. The van der Waals surface area contributed by atoms with E-state index in [1.54, 1.807) is 0 Å². The van der Waals surface area contributed by atoms with Gasteiger partial charge in [-0.2, -0.15) is 0 Å². The number of anilines is 1. The summed E-state index contributed by atoms with van der Waals surface area (Å²) in [6.45, 7) is 1.87. The highest BCUT2D eigenvalue weighted by Crippen LogP contribution is 2.25. The lowest BCUT2D eigenvalue weighted by Gasteiger charge is -2.24. The lowest BCUT2D eigenvalue weighted by molar-refractivity contribution is -0.138. The number of carbonyl (C=O) groups excluding carboxylic acids is 1. The number of aliphatic imine (C=N–C) groups is 1. The minimum atomic E-state index is -1.03. The number of hydrogen-bond acceptors (Lipinski definition) is 5. The van der Waals surface area contributed by atoms with Crippen LogP contribution in [0, 0.1) is 0 Å². The van der Waals surface area contributed by atoms with Crippen LogP contribution in [0.25, 0.3) is 10.4 Å². The number of benzene rings is 3. The van der Waals surface area contributed by atoms with Crippen LogP contribution in [0.15, 0.2) is 95.0 Å². The lowest BCUT2D eigenvalue weighted by atomic mass is 9.99. The third-order valence-electron chi connectivity index (χ3n) is 7.00. The Labute approximate surface area is 234 Å². The second-order valence-electron chi connectivity index (χ2n) is 9.80. The third-order valence-corrected chi connectivity index (χ3v) is 7.00. The molecule has 3 aromatic rings. The molecule has 0 aromatic heterocycles. The summed E-state index contributed by atoms with van der Waals surface area (Å²) < 4.78 is 0. The Morgan fingerprint density at radius 2 is 1.70 bits per heavy atom. The van der Waals surface area contributed by atoms with E-state index in [1.807, 2.05) is 72.8 Å². The molecular weight excluding hydrogens is 504 g/mol. The number of hydrogen-bond donors (Lipinski definition) is 2. The van der Waals surface area contributed by atoms with Gasteiger partial charge < -0.3 is 10.4 Å². The molecule has 1 heterocycles. The zero-order valence-corrected chi connectivity index (χ0v) is 22.4. The molecular formula is C31H34N6O3. The van der Waals surface area contributed by atoms with Gasteiger partial charge in [0.15, 0.2) is 0 Å². The van der Waals surface area contributed by atoms with Gasteiger partial charge >= 0.3 is 5.97 Å². The number of nitrogens with one attached hydrogen (secondary N) is 1. The van der Waals surface area contributed by atoms with Gasteiger partial charge in [-0.3, -0.25) is 14.7 Å². The van der Waals surface area contributed by atoms with Crippen LogP contribution in [0.3, 0.4) is 0 Å². The molecule has 40 heavy (non-hydrogen) atoms. The van der Waals surface area contributed by atoms with E-state index in [9.17, 15) is 14.7 Å². The normalized spacial score (nSPS) is 16.2. The van der Waals surface area contributed by atoms with Crippen LogP contribution in [0.2, 0.25) is 0 Å². The summed E-state index contributed by atoms with van der Waals surface area (Å²) in [5.41, 5.74) is 12.2. The molecule has 1 fully saturated rings. The Hall–Kier alpha value is -4.46. The van der Waals surface area contributed by atoms with Crippen LogP contribution in [-0.4, -0.2) is 52.8 Å². The number of para-hydroxylation sites is 1. The number of azide groups is 1. The van der Waals surface area contributed by atoms with Gasteiger partial charge in [-0.05, 0) is 49.4 Å². The number of carboxylic acids is 1. The molecule has 1 aliphatic heterocycles. The maximum absolute atomic E-state index is 13.6. The van der Waals surface area contributed by atoms with Crippen molar-refractivity contribution in [1.82, 2.24) is 4.90 Å². The van der Waals surface area contributed by atoms with Crippen LogP contribution >= 0.6 is 0 Å². The quantitative estimate of drug-likeness (QED) is 0.0900. The SMILES string of the molecule is [N-]=[N+]=NCCCC[C@@H](N=C(c1ccccc1)c1ccccc1NC(=O)[C@@H]1CCCN1Cc1ccccc1)C(=O)O. The summed E-state index contributed by atoms with van der Waals surface area (Å²) in [7, 11) is 0. The van der Waals surface area contributed by atoms with Crippen molar-refractivity contribution in [1.29, 1.82) is 0 Å². The summed E-state index contributed by atoms with van der Waals surface area (Å²) in [5.74, 6) is -1.11. The number of unbranched alkanes of at least 4 members (excludes halogenated alkanes) is 1. The summed E-state index contributed by atoms with van der Waals surface area (Å²) in [4.78, 5) is 35.4. The molecule has 1 amide bonds. The molecule has 0 saturated carbocycles. The smallest absolute Gasteiger partial charge is 0.328 e. The van der Waals surface area contributed by atoms with Gasteiger partial charge in [-0.1, -0.05) is 90.4 Å². The topological polar surface area (TPSA) is 131 Å². The van der Waals surface area contributed by atoms with Crippen molar-refractivity contribution in [2.45, 2.75) is 50.7 Å². The first-order valence-corrected chi connectivity index (χ1v) is 13.6. The van der Waals surface area contributed by atoms with E-state index >= 15 is 0 Å². The highest BCUT2D eigenvalue weighted by Gasteiger charge is 2.31. The Balaban J connectivity index is 1.60. The fourth-order valence-electron chi connectivity index (χ4n) is 5.00. The van der Waals surface area contributed by atoms with E-state index in [2.05, 4.69) is 32.4 Å². The highest BCUT2D eigenvalue weighted by atomic mass is 16.4. The largest absolute Gasteiger partial charge is 0.480 e. The molecule has 0 bridgehead atoms. The summed E-state index contributed by atoms with van der Waals surface area (Å²) in [6.07, 6.45) is 3.16. The fourth-order valence-corrected chi connectivity index (χ4v) is 5.00. The molecule has 0 aliphatic carbocycles. The Bertz CT molecular complexity index is 1360. The number of carbonyl (C=O) groups is 2. The number of amides is 1. The Morgan fingerprint density at radius 3 is 2.42 bits per heavy atom. The van der Waals surface area contributed by atoms with Crippen LogP contribution in [-0.2, 0) is 16.1 Å². The maximum Gasteiger partial charge on any atom is 0.328 e. The predicted molar refractivity (Wildman–Crippen MR) is 156 cm³/mol. The van der Waals surface area contributed by atoms with Crippen molar-refractivity contribution in [3.8, 4) is 0 Å². The predicted octanol–water partition coefficient (Wildman–Crippen LogP) is 6.06. The lowest BCUT2D eigenvalue weighted by Crippen LogP contribution is -2.39. The van der Waals surface area contributed by atoms with Gasteiger partial charge in [0.1, 0.15) is 6.04 Å². The Kier molecular flexibility index (Phi) is 10.4. The summed E-state index contributed by atoms with van der Waals surface area (Å²) in [5, 5.41) is 16.6. The van der Waals surface area contributed by atoms with Gasteiger partial charge in [0.25, 0.3) is 0 Å². The molecule has 3 aromatic carbocycles. The monoisotopic (exact) mass is 538 g/mol. The molecule has 1 aliphatic rings. The van der Waals surface area contributed by atoms with Crippen LogP contribution in [0.1, 0.15) is 48.8 Å². The number of aliphatic carboxylic acids is 1. The van der Waals surface area contributed by atoms with Crippen molar-refractivity contribution in [2.24, 2.45) is 10.1 Å². The van der Waals surface area contributed by atoms with E-state index < -0.39 is 12.0 Å². The molecule has 4 rings (SSSR count). The molecule has 9 nitrogen and oxygen atoms in total. The third kappa shape index (κ3) is 7.79. The first-order valence-electron chi connectivity index (χ1n) is 13.6. The molecule has 0 radical (unpaired) electrons. The van der Waals surface area contributed by atoms with E-state index in [4.69, 9.17) is 10.5 Å². The number of likely N-dealkylation sites (tertiary alicyclic amines) is 1. The second kappa shape index (κ2) is 14.6. The highest BCUT2D eigenvalue weighted by molar-refractivity contribution is 6.17. The van der Waals surface area contributed by atoms with Gasteiger partial charge in [-0.15, -0.1) is 0 Å². The average Bonchev–Trinajstić information content (AvgIpc) is 3.44. The number of carboxylic acid groups (broad SMARTS) is 1. The minimum Gasteiger partial charge on any atom is -0.480 e. The van der Waals surface area contributed by atoms with Crippen LogP contribution < -0.4 is 5.32 Å². The van der Waals surface area contributed by atoms with E-state index in [1.165, 1.54) is 5.56 Å². The van der Waals surface area contributed by atoms with Crippen molar-refractivity contribution in [3.63, 3.8) is 0 Å². The zero-order chi connectivity index (χ0) is 28.2. The van der Waals surface area contributed by atoms with Crippen LogP contribution in [0.4, 0.5) is 5.69 Å². The minimum absolute atomic E-state index is 0.0823. The maximum atomic E-state index is 13.6. The number of rotatable bonds is 13. The van der Waals surface area contributed by atoms with E-state index in [0.29, 0.717) is 49.3 Å². The van der Waals surface area contributed by atoms with Crippen molar-refractivity contribution < 1.29 is 14.7 Å². The molecule has 9 heteroatoms. The molecule has 0 unspecified atom stereocenters. The van der Waals surface area contributed by atoms with Crippen molar-refractivity contribution in [2.75, 3.05) is 18.4 Å². The molecule has 2 atom stereocenters. The van der Waals surface area contributed by atoms with E-state index in [0.717, 1.165) is 24.9 Å². The van der Waals surface area contributed by atoms with Crippen LogP contribution in [0.5, 0.6) is 0 Å². The first kappa shape index (κ1) is 28.5. The zero-order valence-electron chi connectivity index (χ0n) is 22.4. The fraction of sp³-hybridized carbons (Fsp3) is 0.323. The first-order chi connectivity index (χ1) is 19.6. The van der Waals surface area contributed by atoms with Gasteiger partial charge in [0.05, 0.1) is 17.4 Å². The number of nitrogens with zero attached hydrogens (tertiary/aromatic N) is 5. The summed E-state index contributed by atoms with van der Waals surface area (Å²) in [6, 6.07) is 25.7. The van der Waals surface area contributed by atoms with Gasteiger partial charge in [0, 0.05) is 29.1 Å². The standard InChI is InChI=1S/C31H34N6O3/c32-36-33-20-10-9-18-27(31(39)40)34-29(24-14-5-2-6-15-24)25-16-7-8-17-26(25)35-30(38)28-19-11-21-37(28)22-23-12-3-1-4-13-23/h1-8,12-17,27-28H,9-11,18-22H2,(H,35,38)(H,39,40)/t27-,28+/m1/s1. The van der Waals surface area contributed by atoms with E-state index in [-0.39, 0.29) is 11.9 Å². The average molecular weight is 539 g/mol. The Morgan fingerprint density at radius 1 is 1.00 bits per heavy atom. The van der Waals surface area contributed by atoms with Crippen molar-refractivity contribution in [3.05, 3.63) is 112 Å². The second-order valence-corrected chi connectivity index (χ2v) is 9.80. The summed E-state index contributed by atoms with van der Waals surface area (Å²) >= 11 is 0. The molecule has 206 valence electrons. The van der Waals surface area contributed by atoms with Gasteiger partial charge in [-0.25, -0.2) is 4.79 Å².